The normalized spacial score (nSPS) is 10.1. The van der Waals surface area contributed by atoms with Crippen LogP contribution in [-0.4, -0.2) is 27.4 Å². The van der Waals surface area contributed by atoms with E-state index in [0.29, 0.717) is 13.2 Å². The van der Waals surface area contributed by atoms with E-state index in [0.717, 1.165) is 23.0 Å². The highest BCUT2D eigenvalue weighted by atomic mass is 127. The molecule has 0 N–H and O–H groups in total. The highest BCUT2D eigenvalue weighted by Crippen LogP contribution is 2.22. The Labute approximate surface area is 631 Å². The lowest BCUT2D eigenvalue weighted by molar-refractivity contribution is -0.597. The number of ether oxygens (including phenoxy) is 4. The van der Waals surface area contributed by atoms with E-state index < -0.39 is 0 Å². The van der Waals surface area contributed by atoms with Gasteiger partial charge in [0.15, 0.2) is 35.7 Å². The Morgan fingerprint density at radius 1 is 0.267 bits per heavy atom. The Morgan fingerprint density at radius 3 is 0.656 bits per heavy atom. The summed E-state index contributed by atoms with van der Waals surface area (Å²) in [6, 6.07) is 91.0. The number of aryl methyl sites for hydroxylation is 2. The van der Waals surface area contributed by atoms with E-state index in [1.807, 2.05) is 62.4 Å². The van der Waals surface area contributed by atoms with Crippen molar-refractivity contribution in [2.24, 2.45) is 0 Å². The van der Waals surface area contributed by atoms with Crippen LogP contribution in [0.25, 0.3) is 0 Å². The maximum absolute atomic E-state index is 5.45. The van der Waals surface area contributed by atoms with Crippen LogP contribution in [0.1, 0.15) is 77.6 Å². The predicted molar refractivity (Wildman–Crippen MR) is 334 cm³/mol. The van der Waals surface area contributed by atoms with Gasteiger partial charge in [0.1, 0.15) is 23.0 Å². The lowest BCUT2D eigenvalue weighted by Gasteiger charge is -2.18. The van der Waals surface area contributed by atoms with Gasteiger partial charge in [0.25, 0.3) is 0 Å². The summed E-state index contributed by atoms with van der Waals surface area (Å²) >= 11 is -0.285. The van der Waals surface area contributed by atoms with E-state index in [9.17, 15) is 0 Å². The zero-order chi connectivity index (χ0) is 60.9. The van der Waals surface area contributed by atoms with Gasteiger partial charge in [-0.25, -0.2) is 0 Å². The number of hydrogen-bond donors (Lipinski definition) is 0. The quantitative estimate of drug-likeness (QED) is 0.0904. The third-order valence-electron chi connectivity index (χ3n) is 12.3. The maximum Gasteiger partial charge on any atom is 0.357 e. The van der Waals surface area contributed by atoms with Crippen molar-refractivity contribution in [3.63, 3.8) is 0 Å². The molecule has 14 heteroatoms. The third kappa shape index (κ3) is 32.8. The van der Waals surface area contributed by atoms with Crippen molar-refractivity contribution in [2.45, 2.75) is 80.1 Å². The van der Waals surface area contributed by atoms with Crippen molar-refractivity contribution >= 4 is 0 Å². The molecule has 0 radical (unpaired) electrons. The first-order chi connectivity index (χ1) is 41.0. The van der Waals surface area contributed by atoms with E-state index in [-0.39, 0.29) is 188 Å². The van der Waals surface area contributed by atoms with Crippen LogP contribution in [0.2, 0.25) is 0 Å². The summed E-state index contributed by atoms with van der Waals surface area (Å²) < 4.78 is 35.7. The average molecular weight is 1960 g/mol. The second kappa shape index (κ2) is 46.1. The molecule has 0 aliphatic heterocycles. The molecule has 480 valence electrons. The first kappa shape index (κ1) is 84.9. The number of hydrogen-bond acceptors (Lipinski definition) is 4. The molecular weight excluding hydrogens is 1880 g/mol. The van der Waals surface area contributed by atoms with Crippen LogP contribution in [0.15, 0.2) is 255 Å². The lowest BCUT2D eigenvalue weighted by Crippen LogP contribution is -3.61. The van der Waals surface area contributed by atoms with Gasteiger partial charge in [0.2, 0.25) is 0 Å². The molecule has 0 atom stereocenters. The monoisotopic (exact) mass is 1960 g/mol. The number of benzene rings is 10. The van der Waals surface area contributed by atoms with Gasteiger partial charge >= 0.3 is 106 Å². The third-order valence-corrected chi connectivity index (χ3v) is 25.8. The number of halogens is 10. The smallest absolute Gasteiger partial charge is 0.357 e. The van der Waals surface area contributed by atoms with Gasteiger partial charge in [-0.2, -0.15) is 0 Å². The van der Waals surface area contributed by atoms with E-state index >= 15 is 0 Å². The van der Waals surface area contributed by atoms with Crippen LogP contribution < -0.4 is 196 Å². The van der Waals surface area contributed by atoms with Gasteiger partial charge in [-0.1, -0.05) is 138 Å². The second-order valence-electron chi connectivity index (χ2n) is 21.3. The Morgan fingerprint density at radius 2 is 0.456 bits per heavy atom. The Hall–Kier alpha value is -3.12. The number of rotatable bonds is 16. The van der Waals surface area contributed by atoms with Crippen molar-refractivity contribution in [1.29, 1.82) is 0 Å². The molecule has 0 aromatic heterocycles. The zero-order valence-electron chi connectivity index (χ0n) is 53.1. The van der Waals surface area contributed by atoms with Crippen molar-refractivity contribution in [3.05, 3.63) is 313 Å². The molecule has 0 amide bonds. The van der Waals surface area contributed by atoms with Crippen molar-refractivity contribution in [1.82, 2.24) is 0 Å². The van der Waals surface area contributed by atoms with E-state index in [2.05, 4.69) is 262 Å². The summed E-state index contributed by atoms with van der Waals surface area (Å²) in [6.07, 6.45) is 0. The highest BCUT2D eigenvalue weighted by molar-refractivity contribution is 5.26. The molecule has 0 saturated carbocycles. The molecule has 10 rings (SSSR count). The predicted octanol–water partition coefficient (Wildman–Crippen LogP) is -11.9. The van der Waals surface area contributed by atoms with Crippen molar-refractivity contribution in [3.8, 4) is 23.0 Å². The molecule has 0 aliphatic rings. The summed E-state index contributed by atoms with van der Waals surface area (Å²) in [7, 11) is 3.38. The molecule has 90 heavy (non-hydrogen) atoms. The minimum atomic E-state index is -0.128. The van der Waals surface area contributed by atoms with Crippen LogP contribution in [0, 0.1) is 49.5 Å². The van der Waals surface area contributed by atoms with Gasteiger partial charge in [-0.15, -0.1) is 0 Å². The van der Waals surface area contributed by atoms with Crippen molar-refractivity contribution < 1.29 is 196 Å². The molecule has 0 unspecified atom stereocenters. The van der Waals surface area contributed by atoms with Crippen LogP contribution in [0.5, 0.6) is 23.0 Å². The van der Waals surface area contributed by atoms with Crippen molar-refractivity contribution in [2.75, 3.05) is 27.4 Å². The molecular formula is C76H82Br2Cl3I5O4. The first-order valence-electron chi connectivity index (χ1n) is 28.4. The highest BCUT2D eigenvalue weighted by Gasteiger charge is 2.22. The van der Waals surface area contributed by atoms with Crippen LogP contribution in [-0.2, 0) is 10.8 Å². The van der Waals surface area contributed by atoms with Gasteiger partial charge in [0, 0.05) is 0 Å². The zero-order valence-corrected chi connectivity index (χ0v) is 69.3. The molecule has 0 bridgehead atoms. The summed E-state index contributed by atoms with van der Waals surface area (Å²) in [5.74, 6) is 3.71. The SMILES string of the molecule is CC(C)(C)c1ccc([I+]c2ccc(C(C)(C)C)cc2)cc1.CCOc1ccc([I+]c2ccc(OCC)cc2)cc1.COc1ccc([I+]c2ccc(OC)cc2)cc1.Cc1ccc([I+]c2ccc(C)cc2)cc1.[Br-].[Br-].[Cl-].[Cl-].[Cl-].c1ccc([I+]c2ccccc2)cc1. The van der Waals surface area contributed by atoms with E-state index in [1.54, 1.807) is 14.2 Å². The number of methoxy groups -OCH3 is 2. The average Bonchev–Trinajstić information content (AvgIpc) is 2.06. The summed E-state index contributed by atoms with van der Waals surface area (Å²) in [5, 5.41) is 0. The van der Waals surface area contributed by atoms with Gasteiger partial charge in [-0.05, 0) is 220 Å². The largest absolute Gasteiger partial charge is 1.00 e. The van der Waals surface area contributed by atoms with Gasteiger partial charge in [-0.3, -0.25) is 0 Å². The fourth-order valence-corrected chi connectivity index (χ4v) is 18.5. The van der Waals surface area contributed by atoms with E-state index in [4.69, 9.17) is 18.9 Å². The molecule has 0 saturated heterocycles. The Bertz CT molecular complexity index is 3200. The maximum atomic E-state index is 5.45. The Kier molecular flexibility index (Phi) is 43.5. The molecule has 10 aromatic rings. The van der Waals surface area contributed by atoms with Crippen LogP contribution >= 0.6 is 0 Å². The fourth-order valence-electron chi connectivity index (χ4n) is 7.59. The minimum Gasteiger partial charge on any atom is -1.00 e. The van der Waals surface area contributed by atoms with E-state index in [1.165, 1.54) is 58.0 Å². The topological polar surface area (TPSA) is 36.9 Å². The molecule has 0 heterocycles. The molecule has 0 aliphatic carbocycles. The van der Waals surface area contributed by atoms with Crippen LogP contribution in [0.3, 0.4) is 0 Å². The fraction of sp³-hybridized carbons (Fsp3) is 0.211. The summed E-state index contributed by atoms with van der Waals surface area (Å²) in [6.45, 7) is 23.3. The standard InChI is InChI=1S/C20H26I.C16H18IO2.C14H14IO2.C14H14I.C12H10I.2BrH.3ClH/c1-19(2,3)15-7-11-17(12-8-15)21-18-13-9-16(10-14-18)20(4,5)6;1-3-18-15-9-5-13(6-10-15)17-14-7-11-16(12-8-14)19-4-2;1-16-13-7-3-11(4-8-13)15-12-5-9-14(17-2)10-6-12;1-11-3-7-13(8-4-11)15-14-9-5-12(2)6-10-14;1-3-7-11(8-4-1)13-12-9-5-2-6-10-12;;;;;/h7-14H,1-6H3;5-12H,3-4H2,1-2H3;3-10H,1-2H3;3-10H,1-2H3;1-10H;5*1H/q5*+1;;;;;/p-5. The van der Waals surface area contributed by atoms with Crippen LogP contribution in [0.4, 0.5) is 0 Å². The second-order valence-corrected chi connectivity index (χ2v) is 36.4. The Balaban J connectivity index is 0.000000559. The molecule has 10 aromatic carbocycles. The molecule has 4 nitrogen and oxygen atoms in total. The molecule has 0 fully saturated rings. The first-order valence-corrected chi connectivity index (χ1v) is 39.2. The lowest BCUT2D eigenvalue weighted by atomic mass is 9.87. The van der Waals surface area contributed by atoms with Gasteiger partial charge in [0.05, 0.1) is 27.4 Å². The van der Waals surface area contributed by atoms with Gasteiger partial charge < -0.3 is 90.1 Å². The minimum absolute atomic E-state index is 0. The summed E-state index contributed by atoms with van der Waals surface area (Å²) in [5.41, 5.74) is 5.99. The summed E-state index contributed by atoms with van der Waals surface area (Å²) in [4.78, 5) is 0. The molecule has 0 spiro atoms.